The van der Waals surface area contributed by atoms with Crippen molar-refractivity contribution in [3.8, 4) is 0 Å². The highest BCUT2D eigenvalue weighted by molar-refractivity contribution is 6.31. The van der Waals surface area contributed by atoms with Crippen molar-refractivity contribution in [2.75, 3.05) is 0 Å². The van der Waals surface area contributed by atoms with Gasteiger partial charge in [0, 0.05) is 0 Å². The summed E-state index contributed by atoms with van der Waals surface area (Å²) in [5.74, 6) is 1.18. The number of hydrogen-bond donors (Lipinski definition) is 0. The molecule has 0 heterocycles. The van der Waals surface area contributed by atoms with E-state index in [1.165, 1.54) is 22.1 Å². The molecule has 0 aliphatic heterocycles. The van der Waals surface area contributed by atoms with Crippen molar-refractivity contribution >= 4 is 23.5 Å². The Morgan fingerprint density at radius 3 is 2.11 bits per heavy atom. The molecule has 0 nitrogen and oxygen atoms in total. The van der Waals surface area contributed by atoms with Gasteiger partial charge in [-0.3, -0.25) is 0 Å². The summed E-state index contributed by atoms with van der Waals surface area (Å²) in [6.07, 6.45) is 10.1. The minimum Gasteiger partial charge on any atom is -0.0878 e. The van der Waals surface area contributed by atoms with E-state index in [-0.39, 0.29) is 0 Å². The summed E-state index contributed by atoms with van der Waals surface area (Å²) >= 11 is 0. The van der Waals surface area contributed by atoms with Crippen molar-refractivity contribution < 1.29 is 0 Å². The molecule has 0 fully saturated rings. The first kappa shape index (κ1) is 18.2. The Labute approximate surface area is 123 Å². The third kappa shape index (κ3) is 6.75. The Balaban J connectivity index is 5.62. The van der Waals surface area contributed by atoms with Gasteiger partial charge in [0.05, 0.1) is 0 Å². The van der Waals surface area contributed by atoms with Gasteiger partial charge in [-0.2, -0.15) is 0 Å². The Morgan fingerprint density at radius 2 is 1.68 bits per heavy atom. The molecule has 0 rings (SSSR count). The molecule has 1 unspecified atom stereocenters. The van der Waals surface area contributed by atoms with E-state index in [2.05, 4.69) is 82.5 Å². The minimum atomic E-state index is 0.587. The van der Waals surface area contributed by atoms with Gasteiger partial charge in [0.15, 0.2) is 0 Å². The van der Waals surface area contributed by atoms with E-state index < -0.39 is 0 Å². The van der Waals surface area contributed by atoms with E-state index in [1.54, 1.807) is 0 Å². The number of hydrogen-bond acceptors (Lipinski definition) is 0. The average Bonchev–Trinajstić information content (AvgIpc) is 2.28. The first-order valence-corrected chi connectivity index (χ1v) is 7.54. The summed E-state index contributed by atoms with van der Waals surface area (Å²) in [4.78, 5) is 0. The van der Waals surface area contributed by atoms with Crippen LogP contribution in [0.5, 0.6) is 0 Å². The lowest BCUT2D eigenvalue weighted by Gasteiger charge is -2.18. The minimum absolute atomic E-state index is 0.587. The van der Waals surface area contributed by atoms with Crippen molar-refractivity contribution in [1.29, 1.82) is 0 Å². The first-order chi connectivity index (χ1) is 8.81. The molecular weight excluding hydrogens is 225 g/mol. The molecule has 0 aromatic carbocycles. The van der Waals surface area contributed by atoms with Crippen LogP contribution in [0.15, 0.2) is 46.4 Å². The number of rotatable bonds is 6. The molecule has 1 atom stereocenters. The first-order valence-electron chi connectivity index (χ1n) is 7.54. The fraction of sp³-hybridized carbons (Fsp3) is 0.500. The third-order valence-electron chi connectivity index (χ3n) is 3.35. The van der Waals surface area contributed by atoms with Crippen LogP contribution in [0.3, 0.4) is 0 Å². The normalized spacial score (nSPS) is 16.9. The van der Waals surface area contributed by atoms with Crippen LogP contribution in [0, 0.1) is 5.92 Å². The Kier molecular flexibility index (Phi) is 8.72. The van der Waals surface area contributed by atoms with Crippen molar-refractivity contribution in [3.05, 3.63) is 46.4 Å². The Bertz CT molecular complexity index is 396. The van der Waals surface area contributed by atoms with Gasteiger partial charge in [0.1, 0.15) is 23.5 Å². The topological polar surface area (TPSA) is 0 Å². The summed E-state index contributed by atoms with van der Waals surface area (Å²) in [7, 11) is 6.73. The van der Waals surface area contributed by atoms with Crippen LogP contribution >= 0.6 is 0 Å². The summed E-state index contributed by atoms with van der Waals surface area (Å²) in [6.45, 7) is 11.2. The van der Waals surface area contributed by atoms with Crippen LogP contribution < -0.4 is 0 Å². The van der Waals surface area contributed by atoms with Gasteiger partial charge in [-0.25, -0.2) is 0 Å². The lowest BCUT2D eigenvalue weighted by Crippen LogP contribution is -2.03. The second-order valence-corrected chi connectivity index (χ2v) is 5.99. The van der Waals surface area contributed by atoms with Crippen LogP contribution in [-0.2, 0) is 0 Å². The molecule has 0 spiro atoms. The van der Waals surface area contributed by atoms with Crippen LogP contribution in [0.4, 0.5) is 0 Å². The van der Waals surface area contributed by atoms with Gasteiger partial charge in [-0.1, -0.05) is 74.3 Å². The molecule has 0 aromatic rings. The Hall–Kier alpha value is -0.845. The van der Waals surface area contributed by atoms with Gasteiger partial charge < -0.3 is 0 Å². The highest BCUT2D eigenvalue weighted by Crippen LogP contribution is 2.26. The number of allylic oxidation sites excluding steroid dienone is 8. The predicted molar refractivity (Wildman–Crippen MR) is 98.2 cm³/mol. The van der Waals surface area contributed by atoms with E-state index in [9.17, 15) is 0 Å². The molecule has 0 amide bonds. The second-order valence-electron chi connectivity index (χ2n) is 5.99. The Morgan fingerprint density at radius 1 is 1.11 bits per heavy atom. The maximum absolute atomic E-state index is 2.36. The zero-order valence-corrected chi connectivity index (χ0v) is 14.2. The fourth-order valence-corrected chi connectivity index (χ4v) is 2.24. The highest BCUT2D eigenvalue weighted by Gasteiger charge is 2.10. The molecule has 0 aliphatic carbocycles. The highest BCUT2D eigenvalue weighted by atomic mass is 14.1. The molecule has 0 bridgehead atoms. The molecule has 102 valence electrons. The third-order valence-corrected chi connectivity index (χ3v) is 3.35. The summed E-state index contributed by atoms with van der Waals surface area (Å²) in [6, 6.07) is 0. The summed E-state index contributed by atoms with van der Waals surface area (Å²) in [5, 5.41) is 0. The van der Waals surface area contributed by atoms with E-state index in [4.69, 9.17) is 0 Å². The molecule has 0 saturated heterocycles. The smallest absolute Gasteiger partial charge is 0.0878 e. The van der Waals surface area contributed by atoms with Crippen molar-refractivity contribution in [2.24, 2.45) is 5.92 Å². The van der Waals surface area contributed by atoms with Crippen LogP contribution in [-0.4, -0.2) is 23.5 Å². The fourth-order valence-electron chi connectivity index (χ4n) is 2.24. The van der Waals surface area contributed by atoms with Gasteiger partial charge in [0.25, 0.3) is 0 Å². The molecule has 0 aromatic heterocycles. The molecule has 0 aliphatic rings. The quantitative estimate of drug-likeness (QED) is 0.504. The largest absolute Gasteiger partial charge is 0.140 e. The molecule has 0 radical (unpaired) electrons. The van der Waals surface area contributed by atoms with Crippen molar-refractivity contribution in [1.82, 2.24) is 0 Å². The lowest BCUT2D eigenvalue weighted by molar-refractivity contribution is 0.828. The van der Waals surface area contributed by atoms with Gasteiger partial charge in [-0.15, -0.1) is 0 Å². The van der Waals surface area contributed by atoms with Crippen LogP contribution in [0.25, 0.3) is 0 Å². The maximum atomic E-state index is 2.36. The zero-order valence-electron chi connectivity index (χ0n) is 14.2. The zero-order chi connectivity index (χ0) is 15.0. The predicted octanol–water partition coefficient (Wildman–Crippen LogP) is 2.40. The lowest BCUT2D eigenvalue weighted by atomic mass is 9.69. The van der Waals surface area contributed by atoms with Gasteiger partial charge in [0.2, 0.25) is 0 Å². The van der Waals surface area contributed by atoms with Gasteiger partial charge in [-0.05, 0) is 24.8 Å². The van der Waals surface area contributed by atoms with Crippen molar-refractivity contribution in [2.45, 2.75) is 46.9 Å². The van der Waals surface area contributed by atoms with Crippen LogP contribution in [0.2, 0.25) is 5.82 Å². The molecule has 19 heavy (non-hydrogen) atoms. The standard InChI is InChI=1S/C16H29B3/c1-6-7-8-9-14(18)16(12(4)13(5)17)15(19)10-11(2)3/h7-11,13H,6,17-19H2,1-5H3/b8-7+,14-9+,15-10+,16-12+. The summed E-state index contributed by atoms with van der Waals surface area (Å²) < 4.78 is 0. The molecule has 0 saturated carbocycles. The van der Waals surface area contributed by atoms with Crippen LogP contribution in [0.1, 0.15) is 41.0 Å². The van der Waals surface area contributed by atoms with Crippen molar-refractivity contribution in [3.63, 3.8) is 0 Å². The van der Waals surface area contributed by atoms with E-state index in [0.29, 0.717) is 11.7 Å². The second kappa shape index (κ2) is 9.12. The monoisotopic (exact) mass is 254 g/mol. The SMILES string of the molecule is BC(=C/C=C/CC)/C(C(/B)=C\C(C)C)=C(/C)C(B)C. The van der Waals surface area contributed by atoms with E-state index in [1.807, 2.05) is 0 Å². The van der Waals surface area contributed by atoms with E-state index >= 15 is 0 Å². The van der Waals surface area contributed by atoms with E-state index in [0.717, 1.165) is 6.42 Å². The average molecular weight is 254 g/mol. The maximum Gasteiger partial charge on any atom is 0.140 e. The molecular formula is C16H29B3. The van der Waals surface area contributed by atoms with Gasteiger partial charge >= 0.3 is 0 Å². The summed E-state index contributed by atoms with van der Waals surface area (Å²) in [5.41, 5.74) is 5.68. The molecule has 0 N–H and O–H groups in total. The molecule has 3 heteroatoms.